The van der Waals surface area contributed by atoms with E-state index in [1.165, 1.54) is 0 Å². The van der Waals surface area contributed by atoms with Gasteiger partial charge in [-0.1, -0.05) is 6.92 Å². The third-order valence-corrected chi connectivity index (χ3v) is 1.96. The molecule has 1 heterocycles. The maximum Gasteiger partial charge on any atom is 0.0833 e. The Hall–Kier alpha value is -0.120. The van der Waals surface area contributed by atoms with Crippen LogP contribution in [0.4, 0.5) is 0 Å². The van der Waals surface area contributed by atoms with Gasteiger partial charge in [-0.05, 0) is 12.3 Å². The number of hydrogen-bond donors (Lipinski definition) is 2. The van der Waals surface area contributed by atoms with Gasteiger partial charge in [0.15, 0.2) is 0 Å². The minimum absolute atomic E-state index is 0.0634. The van der Waals surface area contributed by atoms with Crippen LogP contribution in [0.25, 0.3) is 0 Å². The summed E-state index contributed by atoms with van der Waals surface area (Å²) in [6.45, 7) is 2.41. The summed E-state index contributed by atoms with van der Waals surface area (Å²) in [5, 5.41) is 17.8. The molecule has 0 aromatic carbocycles. The minimum atomic E-state index is -0.335. The van der Waals surface area contributed by atoms with Crippen molar-refractivity contribution in [2.24, 2.45) is 5.92 Å². The largest absolute Gasteiger partial charge is 0.394 e. The number of aliphatic hydroxyl groups excluding tert-OH is 2. The Morgan fingerprint density at radius 2 is 2.30 bits per heavy atom. The molecule has 3 nitrogen and oxygen atoms in total. The van der Waals surface area contributed by atoms with Crippen LogP contribution in [0, 0.1) is 5.92 Å². The molecule has 0 radical (unpaired) electrons. The minimum Gasteiger partial charge on any atom is -0.394 e. The van der Waals surface area contributed by atoms with E-state index in [9.17, 15) is 0 Å². The molecule has 0 aromatic heterocycles. The molecule has 0 saturated carbocycles. The van der Waals surface area contributed by atoms with E-state index in [4.69, 9.17) is 14.9 Å². The molecule has 1 fully saturated rings. The molecule has 0 aromatic rings. The lowest BCUT2D eigenvalue weighted by Gasteiger charge is -2.30. The van der Waals surface area contributed by atoms with Crippen LogP contribution in [-0.2, 0) is 4.74 Å². The van der Waals surface area contributed by atoms with Crippen LogP contribution >= 0.6 is 0 Å². The van der Waals surface area contributed by atoms with Gasteiger partial charge in [0.1, 0.15) is 0 Å². The van der Waals surface area contributed by atoms with E-state index in [0.717, 1.165) is 6.42 Å². The normalized spacial score (nSPS) is 41.7. The zero-order valence-electron chi connectivity index (χ0n) is 6.16. The van der Waals surface area contributed by atoms with E-state index in [1.807, 2.05) is 6.92 Å². The van der Waals surface area contributed by atoms with Gasteiger partial charge < -0.3 is 14.9 Å². The average molecular weight is 146 g/mol. The van der Waals surface area contributed by atoms with Gasteiger partial charge in [0.25, 0.3) is 0 Å². The van der Waals surface area contributed by atoms with Crippen LogP contribution in [0.1, 0.15) is 13.3 Å². The smallest absolute Gasteiger partial charge is 0.0833 e. The predicted molar refractivity (Wildman–Crippen MR) is 36.6 cm³/mol. The zero-order valence-corrected chi connectivity index (χ0v) is 6.16. The lowest BCUT2D eigenvalue weighted by Crippen LogP contribution is -2.37. The molecule has 2 N–H and O–H groups in total. The van der Waals surface area contributed by atoms with Gasteiger partial charge in [-0.15, -0.1) is 0 Å². The highest BCUT2D eigenvalue weighted by molar-refractivity contribution is 4.74. The second kappa shape index (κ2) is 3.32. The van der Waals surface area contributed by atoms with Gasteiger partial charge >= 0.3 is 0 Å². The Morgan fingerprint density at radius 1 is 1.60 bits per heavy atom. The van der Waals surface area contributed by atoms with Gasteiger partial charge in [0.2, 0.25) is 0 Å². The van der Waals surface area contributed by atoms with Crippen molar-refractivity contribution in [2.75, 3.05) is 13.2 Å². The molecule has 0 unspecified atom stereocenters. The van der Waals surface area contributed by atoms with Gasteiger partial charge in [-0.3, -0.25) is 0 Å². The summed E-state index contributed by atoms with van der Waals surface area (Å²) < 4.78 is 5.15. The van der Waals surface area contributed by atoms with E-state index in [1.54, 1.807) is 0 Å². The second-order valence-corrected chi connectivity index (χ2v) is 2.92. The highest BCUT2D eigenvalue weighted by atomic mass is 16.5. The van der Waals surface area contributed by atoms with Crippen molar-refractivity contribution in [1.29, 1.82) is 0 Å². The first-order chi connectivity index (χ1) is 4.74. The van der Waals surface area contributed by atoms with Crippen molar-refractivity contribution < 1.29 is 14.9 Å². The monoisotopic (exact) mass is 146 g/mol. The summed E-state index contributed by atoms with van der Waals surface area (Å²) in [5.41, 5.74) is 0. The quantitative estimate of drug-likeness (QED) is 0.537. The fourth-order valence-electron chi connectivity index (χ4n) is 1.28. The van der Waals surface area contributed by atoms with Crippen LogP contribution < -0.4 is 0 Å². The fraction of sp³-hybridized carbons (Fsp3) is 1.00. The van der Waals surface area contributed by atoms with Crippen LogP contribution in [0.15, 0.2) is 0 Å². The van der Waals surface area contributed by atoms with E-state index >= 15 is 0 Å². The van der Waals surface area contributed by atoms with Crippen molar-refractivity contribution in [3.05, 3.63) is 0 Å². The van der Waals surface area contributed by atoms with E-state index < -0.39 is 0 Å². The highest BCUT2D eigenvalue weighted by Gasteiger charge is 2.25. The molecule has 60 valence electrons. The summed E-state index contributed by atoms with van der Waals surface area (Å²) in [4.78, 5) is 0. The van der Waals surface area contributed by atoms with Crippen LogP contribution in [0.2, 0.25) is 0 Å². The van der Waals surface area contributed by atoms with E-state index in [0.29, 0.717) is 6.61 Å². The summed E-state index contributed by atoms with van der Waals surface area (Å²) in [5.74, 6) is 0.272. The van der Waals surface area contributed by atoms with Crippen molar-refractivity contribution in [3.63, 3.8) is 0 Å². The van der Waals surface area contributed by atoms with Gasteiger partial charge in [0.05, 0.1) is 25.4 Å². The summed E-state index contributed by atoms with van der Waals surface area (Å²) in [7, 11) is 0. The molecule has 3 atom stereocenters. The Kier molecular flexibility index (Phi) is 2.65. The second-order valence-electron chi connectivity index (χ2n) is 2.92. The Balaban J connectivity index is 2.36. The first-order valence-electron chi connectivity index (χ1n) is 3.64. The Morgan fingerprint density at radius 3 is 2.80 bits per heavy atom. The van der Waals surface area contributed by atoms with Crippen molar-refractivity contribution in [2.45, 2.75) is 25.6 Å². The van der Waals surface area contributed by atoms with E-state index in [2.05, 4.69) is 0 Å². The lowest BCUT2D eigenvalue weighted by molar-refractivity contribution is -0.102. The first-order valence-corrected chi connectivity index (χ1v) is 3.64. The third-order valence-electron chi connectivity index (χ3n) is 1.96. The standard InChI is InChI=1S/C7H14O3/c1-5-2-6(9)4-10-7(5)3-8/h5-9H,2-4H2,1H3/t5-,6+,7+/m0/s1. The molecule has 1 aliphatic rings. The molecule has 10 heavy (non-hydrogen) atoms. The third kappa shape index (κ3) is 1.68. The van der Waals surface area contributed by atoms with Gasteiger partial charge in [-0.25, -0.2) is 0 Å². The molecule has 1 saturated heterocycles. The lowest BCUT2D eigenvalue weighted by atomic mass is 9.95. The molecular formula is C7H14O3. The topological polar surface area (TPSA) is 49.7 Å². The maximum absolute atomic E-state index is 9.09. The highest BCUT2D eigenvalue weighted by Crippen LogP contribution is 2.19. The molecule has 3 heteroatoms. The maximum atomic E-state index is 9.09. The molecular weight excluding hydrogens is 132 g/mol. The molecule has 0 aliphatic carbocycles. The predicted octanol–water partition coefficient (Wildman–Crippen LogP) is -0.235. The number of ether oxygens (including phenoxy) is 1. The number of hydrogen-bond acceptors (Lipinski definition) is 3. The summed E-state index contributed by atoms with van der Waals surface area (Å²) in [6.07, 6.45) is 0.340. The molecule has 1 aliphatic heterocycles. The van der Waals surface area contributed by atoms with Gasteiger partial charge in [0, 0.05) is 0 Å². The van der Waals surface area contributed by atoms with Crippen molar-refractivity contribution in [1.82, 2.24) is 0 Å². The zero-order chi connectivity index (χ0) is 7.56. The first kappa shape index (κ1) is 7.98. The molecule has 0 bridgehead atoms. The fourth-order valence-corrected chi connectivity index (χ4v) is 1.28. The summed E-state index contributed by atoms with van der Waals surface area (Å²) >= 11 is 0. The van der Waals surface area contributed by atoms with Crippen LogP contribution in [0.5, 0.6) is 0 Å². The Labute approximate surface area is 60.6 Å². The van der Waals surface area contributed by atoms with Crippen LogP contribution in [-0.4, -0.2) is 35.6 Å². The van der Waals surface area contributed by atoms with Gasteiger partial charge in [-0.2, -0.15) is 0 Å². The van der Waals surface area contributed by atoms with Crippen molar-refractivity contribution in [3.8, 4) is 0 Å². The average Bonchev–Trinajstić information content (AvgIpc) is 1.88. The van der Waals surface area contributed by atoms with Crippen LogP contribution in [0.3, 0.4) is 0 Å². The molecule has 1 rings (SSSR count). The van der Waals surface area contributed by atoms with E-state index in [-0.39, 0.29) is 24.7 Å². The Bertz CT molecular complexity index is 105. The van der Waals surface area contributed by atoms with Crippen molar-refractivity contribution >= 4 is 0 Å². The number of aliphatic hydroxyl groups is 2. The summed E-state index contributed by atoms with van der Waals surface area (Å²) in [6, 6.07) is 0. The molecule has 0 spiro atoms. The SMILES string of the molecule is C[C@H]1C[C@@H](O)CO[C@@H]1CO. The number of rotatable bonds is 1. The molecule has 0 amide bonds.